The molecule has 1 rings (SSSR count). The van der Waals surface area contributed by atoms with Crippen molar-refractivity contribution in [3.05, 3.63) is 36.3 Å². The van der Waals surface area contributed by atoms with Gasteiger partial charge < -0.3 is 5.11 Å². The van der Waals surface area contributed by atoms with Gasteiger partial charge in [-0.1, -0.05) is 6.08 Å². The van der Waals surface area contributed by atoms with E-state index in [4.69, 9.17) is 5.11 Å². The van der Waals surface area contributed by atoms with E-state index < -0.39 is 0 Å². The summed E-state index contributed by atoms with van der Waals surface area (Å²) in [7, 11) is 0. The van der Waals surface area contributed by atoms with Crippen molar-refractivity contribution in [3.63, 3.8) is 0 Å². The first-order valence-corrected chi connectivity index (χ1v) is 2.65. The lowest BCUT2D eigenvalue weighted by atomic mass is 10.4. The third-order valence-corrected chi connectivity index (χ3v) is 0.882. The number of aliphatic imine (C=N–C) groups is 1. The molecule has 0 atom stereocenters. The fourth-order valence-electron chi connectivity index (χ4n) is 0.478. The highest BCUT2D eigenvalue weighted by atomic mass is 16.3. The Morgan fingerprint density at radius 1 is 1.33 bits per heavy atom. The lowest BCUT2D eigenvalue weighted by molar-refractivity contribution is 0.432. The van der Waals surface area contributed by atoms with Crippen LogP contribution in [0.1, 0.15) is 0 Å². The second-order valence-corrected chi connectivity index (χ2v) is 1.59. The van der Waals surface area contributed by atoms with Crippen molar-refractivity contribution in [3.8, 4) is 0 Å². The summed E-state index contributed by atoms with van der Waals surface area (Å²) in [6.45, 7) is 0. The molecule has 1 aliphatic heterocycles. The van der Waals surface area contributed by atoms with Gasteiger partial charge in [0.1, 0.15) is 5.76 Å². The number of hydrogen-bond acceptors (Lipinski definition) is 2. The van der Waals surface area contributed by atoms with E-state index in [-0.39, 0.29) is 5.76 Å². The molecule has 2 heteroatoms. The van der Waals surface area contributed by atoms with E-state index in [2.05, 4.69) is 4.99 Å². The van der Waals surface area contributed by atoms with Crippen LogP contribution in [0.4, 0.5) is 0 Å². The maximum atomic E-state index is 8.86. The zero-order valence-electron chi connectivity index (χ0n) is 4.86. The molecule has 1 N–H and O–H groups in total. The molecule has 0 radical (unpaired) electrons. The molecule has 0 amide bonds. The predicted octanol–water partition coefficient (Wildman–Crippen LogP) is 1.58. The number of aliphatic hydroxyl groups excluding tert-OH is 1. The fourth-order valence-corrected chi connectivity index (χ4v) is 0.478. The molecule has 0 aliphatic carbocycles. The monoisotopic (exact) mass is 121 g/mol. The standard InChI is InChI=1S/C7H7NO/c9-7-3-1-2-5-8-6-4-7/h1-6,9H. The number of nitrogens with zero attached hydrogens (tertiary/aromatic N) is 1. The largest absolute Gasteiger partial charge is 0.508 e. The number of allylic oxidation sites excluding steroid dienone is 4. The molecule has 0 spiro atoms. The fraction of sp³-hybridized carbons (Fsp3) is 0. The molecule has 0 saturated carbocycles. The van der Waals surface area contributed by atoms with E-state index in [0.29, 0.717) is 0 Å². The Balaban J connectivity index is 2.77. The summed E-state index contributed by atoms with van der Waals surface area (Å²) in [5, 5.41) is 8.86. The Labute approximate surface area is 53.5 Å². The van der Waals surface area contributed by atoms with Crippen molar-refractivity contribution in [2.24, 2.45) is 4.99 Å². The number of rotatable bonds is 0. The summed E-state index contributed by atoms with van der Waals surface area (Å²) < 4.78 is 0. The molecule has 0 saturated heterocycles. The minimum atomic E-state index is 0.225. The molecule has 2 nitrogen and oxygen atoms in total. The molecule has 0 bridgehead atoms. The summed E-state index contributed by atoms with van der Waals surface area (Å²) in [6.07, 6.45) is 9.79. The third-order valence-electron chi connectivity index (χ3n) is 0.882. The maximum absolute atomic E-state index is 8.86. The first-order chi connectivity index (χ1) is 4.39. The summed E-state index contributed by atoms with van der Waals surface area (Å²) >= 11 is 0. The van der Waals surface area contributed by atoms with Crippen molar-refractivity contribution in [1.29, 1.82) is 0 Å². The summed E-state index contributed by atoms with van der Waals surface area (Å²) in [5.74, 6) is 0.225. The van der Waals surface area contributed by atoms with Crippen LogP contribution in [0.3, 0.4) is 0 Å². The van der Waals surface area contributed by atoms with Crippen molar-refractivity contribution in [2.75, 3.05) is 0 Å². The van der Waals surface area contributed by atoms with E-state index in [1.807, 2.05) is 0 Å². The van der Waals surface area contributed by atoms with Gasteiger partial charge in [0.2, 0.25) is 0 Å². The molecule has 0 fully saturated rings. The van der Waals surface area contributed by atoms with Crippen LogP contribution in [0.25, 0.3) is 0 Å². The molecule has 0 aromatic carbocycles. The Bertz CT molecular complexity index is 199. The van der Waals surface area contributed by atoms with E-state index in [0.717, 1.165) is 0 Å². The summed E-state index contributed by atoms with van der Waals surface area (Å²) in [6, 6.07) is 0. The van der Waals surface area contributed by atoms with E-state index >= 15 is 0 Å². The van der Waals surface area contributed by atoms with Crippen LogP contribution in [0, 0.1) is 0 Å². The molecule has 0 aromatic rings. The van der Waals surface area contributed by atoms with Crippen LogP contribution in [-0.2, 0) is 0 Å². The average molecular weight is 121 g/mol. The molecular weight excluding hydrogens is 114 g/mol. The van der Waals surface area contributed by atoms with Crippen LogP contribution >= 0.6 is 0 Å². The minimum absolute atomic E-state index is 0.225. The van der Waals surface area contributed by atoms with Gasteiger partial charge in [0.25, 0.3) is 0 Å². The van der Waals surface area contributed by atoms with Gasteiger partial charge in [0, 0.05) is 12.4 Å². The molecule has 1 heterocycles. The first-order valence-electron chi connectivity index (χ1n) is 2.65. The molecule has 46 valence electrons. The van der Waals surface area contributed by atoms with Gasteiger partial charge in [-0.05, 0) is 18.2 Å². The van der Waals surface area contributed by atoms with Gasteiger partial charge >= 0.3 is 0 Å². The highest BCUT2D eigenvalue weighted by molar-refractivity contribution is 5.72. The van der Waals surface area contributed by atoms with Gasteiger partial charge in [0.15, 0.2) is 0 Å². The average Bonchev–Trinajstić information content (AvgIpc) is 1.79. The lowest BCUT2D eigenvalue weighted by Crippen LogP contribution is -1.73. The number of hydrogen-bond donors (Lipinski definition) is 1. The van der Waals surface area contributed by atoms with Crippen LogP contribution in [-0.4, -0.2) is 11.3 Å². The zero-order valence-corrected chi connectivity index (χ0v) is 4.86. The van der Waals surface area contributed by atoms with E-state index in [1.54, 1.807) is 24.4 Å². The van der Waals surface area contributed by atoms with Crippen molar-refractivity contribution < 1.29 is 5.11 Å². The molecule has 0 unspecified atom stereocenters. The molecule has 0 aromatic heterocycles. The SMILES string of the molecule is OC1=CC=CC=NC=C1. The third kappa shape index (κ3) is 1.95. The highest BCUT2D eigenvalue weighted by Crippen LogP contribution is 1.93. The summed E-state index contributed by atoms with van der Waals surface area (Å²) in [5.41, 5.74) is 0. The topological polar surface area (TPSA) is 32.6 Å². The minimum Gasteiger partial charge on any atom is -0.508 e. The van der Waals surface area contributed by atoms with Crippen molar-refractivity contribution in [1.82, 2.24) is 0 Å². The Morgan fingerprint density at radius 2 is 2.22 bits per heavy atom. The van der Waals surface area contributed by atoms with Crippen LogP contribution in [0.15, 0.2) is 41.3 Å². The van der Waals surface area contributed by atoms with Crippen LogP contribution in [0.5, 0.6) is 0 Å². The van der Waals surface area contributed by atoms with E-state index in [9.17, 15) is 0 Å². The molecule has 9 heavy (non-hydrogen) atoms. The van der Waals surface area contributed by atoms with Gasteiger partial charge in [0.05, 0.1) is 0 Å². The zero-order chi connectivity index (χ0) is 6.53. The van der Waals surface area contributed by atoms with Gasteiger partial charge in [-0.15, -0.1) is 0 Å². The van der Waals surface area contributed by atoms with Gasteiger partial charge in [-0.3, -0.25) is 4.99 Å². The smallest absolute Gasteiger partial charge is 0.117 e. The quantitative estimate of drug-likeness (QED) is 0.518. The van der Waals surface area contributed by atoms with Crippen LogP contribution < -0.4 is 0 Å². The lowest BCUT2D eigenvalue weighted by Gasteiger charge is -1.86. The first kappa shape index (κ1) is 5.82. The Kier molecular flexibility index (Phi) is 1.85. The highest BCUT2D eigenvalue weighted by Gasteiger charge is 1.80. The summed E-state index contributed by atoms with van der Waals surface area (Å²) in [4.78, 5) is 3.79. The Morgan fingerprint density at radius 3 is 3.11 bits per heavy atom. The maximum Gasteiger partial charge on any atom is 0.117 e. The second-order valence-electron chi connectivity index (χ2n) is 1.59. The van der Waals surface area contributed by atoms with E-state index in [1.165, 1.54) is 12.3 Å². The van der Waals surface area contributed by atoms with Gasteiger partial charge in [-0.25, -0.2) is 0 Å². The Hall–Kier alpha value is -1.31. The van der Waals surface area contributed by atoms with Gasteiger partial charge in [-0.2, -0.15) is 0 Å². The molecular formula is C7H7NO. The normalized spacial score (nSPS) is 16.7. The number of aliphatic hydroxyl groups is 1. The second kappa shape index (κ2) is 2.87. The molecule has 1 aliphatic rings. The van der Waals surface area contributed by atoms with Crippen molar-refractivity contribution >= 4 is 6.21 Å². The predicted molar refractivity (Wildman–Crippen MR) is 37.5 cm³/mol. The van der Waals surface area contributed by atoms with Crippen molar-refractivity contribution in [2.45, 2.75) is 0 Å². The van der Waals surface area contributed by atoms with Crippen LogP contribution in [0.2, 0.25) is 0 Å².